The molecule has 2 aromatic carbocycles. The van der Waals surface area contributed by atoms with Gasteiger partial charge in [-0.15, -0.1) is 0 Å². The number of para-hydroxylation sites is 1. The standard InChI is InChI=1S/C20H20N2O3/c1-24-12-8-9-16-13(11-12)18-15(6-4-10-25-18)20(22-16)14-5-2-3-7-17(14)21-19(20)23/h2-3,5,7-9,11,15,18,22H,4,6,10H2,1H3,(H,21,23)/t15-,18-,20?/m1/s1. The van der Waals surface area contributed by atoms with Crippen LogP contribution in [0.4, 0.5) is 11.4 Å². The van der Waals surface area contributed by atoms with Gasteiger partial charge in [0.1, 0.15) is 5.75 Å². The summed E-state index contributed by atoms with van der Waals surface area (Å²) in [5, 5.41) is 6.64. The fourth-order valence-electron chi connectivity index (χ4n) is 4.62. The van der Waals surface area contributed by atoms with Gasteiger partial charge < -0.3 is 20.1 Å². The molecule has 0 bridgehead atoms. The predicted octanol–water partition coefficient (Wildman–Crippen LogP) is 3.44. The van der Waals surface area contributed by atoms with E-state index < -0.39 is 5.54 Å². The number of nitrogens with one attached hydrogen (secondary N) is 2. The molecule has 128 valence electrons. The van der Waals surface area contributed by atoms with Gasteiger partial charge in [-0.05, 0) is 37.1 Å². The van der Waals surface area contributed by atoms with Crippen molar-refractivity contribution in [2.45, 2.75) is 24.5 Å². The molecule has 5 heteroatoms. The number of ether oxygens (including phenoxy) is 2. The highest BCUT2D eigenvalue weighted by atomic mass is 16.5. The van der Waals surface area contributed by atoms with Crippen molar-refractivity contribution in [3.63, 3.8) is 0 Å². The molecule has 5 rings (SSSR count). The molecule has 1 spiro atoms. The van der Waals surface area contributed by atoms with Crippen molar-refractivity contribution in [2.24, 2.45) is 5.92 Å². The van der Waals surface area contributed by atoms with Gasteiger partial charge in [0.2, 0.25) is 0 Å². The Labute approximate surface area is 146 Å². The van der Waals surface area contributed by atoms with Crippen molar-refractivity contribution in [2.75, 3.05) is 24.4 Å². The van der Waals surface area contributed by atoms with E-state index in [2.05, 4.69) is 10.6 Å². The molecule has 1 saturated heterocycles. The summed E-state index contributed by atoms with van der Waals surface area (Å²) >= 11 is 0. The Morgan fingerprint density at radius 1 is 1.20 bits per heavy atom. The van der Waals surface area contributed by atoms with Gasteiger partial charge in [0.05, 0.1) is 13.2 Å². The summed E-state index contributed by atoms with van der Waals surface area (Å²) in [4.78, 5) is 13.1. The first-order chi connectivity index (χ1) is 12.2. The third-order valence-electron chi connectivity index (χ3n) is 5.73. The fourth-order valence-corrected chi connectivity index (χ4v) is 4.62. The van der Waals surface area contributed by atoms with Crippen molar-refractivity contribution in [1.82, 2.24) is 0 Å². The van der Waals surface area contributed by atoms with Crippen LogP contribution in [0.2, 0.25) is 0 Å². The van der Waals surface area contributed by atoms with E-state index in [9.17, 15) is 4.79 Å². The van der Waals surface area contributed by atoms with Crippen LogP contribution in [0, 0.1) is 5.92 Å². The molecule has 2 N–H and O–H groups in total. The lowest BCUT2D eigenvalue weighted by molar-refractivity contribution is -0.128. The fraction of sp³-hybridized carbons (Fsp3) is 0.350. The van der Waals surface area contributed by atoms with Crippen LogP contribution in [0.25, 0.3) is 0 Å². The normalized spacial score (nSPS) is 29.2. The number of amides is 1. The first kappa shape index (κ1) is 14.8. The zero-order chi connectivity index (χ0) is 17.0. The number of anilines is 2. The maximum Gasteiger partial charge on any atom is 0.255 e. The Balaban J connectivity index is 1.73. The van der Waals surface area contributed by atoms with E-state index >= 15 is 0 Å². The molecular weight excluding hydrogens is 316 g/mol. The molecule has 0 saturated carbocycles. The Kier molecular flexibility index (Phi) is 3.09. The summed E-state index contributed by atoms with van der Waals surface area (Å²) < 4.78 is 11.6. The van der Waals surface area contributed by atoms with Gasteiger partial charge in [0, 0.05) is 35.0 Å². The summed E-state index contributed by atoms with van der Waals surface area (Å²) in [7, 11) is 1.67. The lowest BCUT2D eigenvalue weighted by Gasteiger charge is -2.48. The minimum Gasteiger partial charge on any atom is -0.497 e. The molecule has 3 aliphatic rings. The number of carbonyl (C=O) groups is 1. The lowest BCUT2D eigenvalue weighted by Crippen LogP contribution is -2.54. The van der Waals surface area contributed by atoms with Crippen molar-refractivity contribution < 1.29 is 14.3 Å². The summed E-state index contributed by atoms with van der Waals surface area (Å²) in [6, 6.07) is 13.9. The second-order valence-corrected chi connectivity index (χ2v) is 6.93. The Morgan fingerprint density at radius 3 is 2.96 bits per heavy atom. The predicted molar refractivity (Wildman–Crippen MR) is 94.8 cm³/mol. The minimum absolute atomic E-state index is 0.00988. The zero-order valence-corrected chi connectivity index (χ0v) is 14.0. The summed E-state index contributed by atoms with van der Waals surface area (Å²) in [6.45, 7) is 0.719. The molecule has 2 aromatic rings. The lowest BCUT2D eigenvalue weighted by atomic mass is 9.68. The van der Waals surface area contributed by atoms with Gasteiger partial charge in [-0.2, -0.15) is 0 Å². The Morgan fingerprint density at radius 2 is 2.08 bits per heavy atom. The molecule has 3 aliphatic heterocycles. The molecule has 1 fully saturated rings. The van der Waals surface area contributed by atoms with E-state index in [1.54, 1.807) is 7.11 Å². The molecule has 1 amide bonds. The second-order valence-electron chi connectivity index (χ2n) is 6.93. The molecule has 3 atom stereocenters. The van der Waals surface area contributed by atoms with Crippen molar-refractivity contribution in [1.29, 1.82) is 0 Å². The highest BCUT2D eigenvalue weighted by Gasteiger charge is 2.58. The van der Waals surface area contributed by atoms with E-state index in [1.807, 2.05) is 42.5 Å². The first-order valence-electron chi connectivity index (χ1n) is 8.73. The van der Waals surface area contributed by atoms with Crippen molar-refractivity contribution in [3.8, 4) is 5.75 Å². The SMILES string of the molecule is COc1ccc2c(c1)[C@H]1OCCC[C@H]1C1(N2)C(=O)Nc2ccccc21. The highest BCUT2D eigenvalue weighted by molar-refractivity contribution is 6.08. The van der Waals surface area contributed by atoms with E-state index in [0.717, 1.165) is 47.7 Å². The van der Waals surface area contributed by atoms with Crippen molar-refractivity contribution >= 4 is 17.3 Å². The number of benzene rings is 2. The zero-order valence-electron chi connectivity index (χ0n) is 14.0. The molecule has 0 aromatic heterocycles. The van der Waals surface area contributed by atoms with Gasteiger partial charge in [0.25, 0.3) is 5.91 Å². The molecule has 0 aliphatic carbocycles. The van der Waals surface area contributed by atoms with Crippen LogP contribution in [0.15, 0.2) is 42.5 Å². The third-order valence-corrected chi connectivity index (χ3v) is 5.73. The van der Waals surface area contributed by atoms with Crippen molar-refractivity contribution in [3.05, 3.63) is 53.6 Å². The van der Waals surface area contributed by atoms with Crippen LogP contribution in [-0.4, -0.2) is 19.6 Å². The van der Waals surface area contributed by atoms with E-state index in [1.165, 1.54) is 0 Å². The van der Waals surface area contributed by atoms with Gasteiger partial charge >= 0.3 is 0 Å². The molecule has 0 radical (unpaired) electrons. The van der Waals surface area contributed by atoms with E-state index in [0.29, 0.717) is 0 Å². The molecule has 3 heterocycles. The van der Waals surface area contributed by atoms with Crippen LogP contribution in [0.3, 0.4) is 0 Å². The highest BCUT2D eigenvalue weighted by Crippen LogP contribution is 2.56. The Hall–Kier alpha value is -2.53. The summed E-state index contributed by atoms with van der Waals surface area (Å²) in [6.07, 6.45) is 1.78. The largest absolute Gasteiger partial charge is 0.497 e. The van der Waals surface area contributed by atoms with Crippen LogP contribution >= 0.6 is 0 Å². The Bertz CT molecular complexity index is 866. The monoisotopic (exact) mass is 336 g/mol. The van der Waals surface area contributed by atoms with Gasteiger partial charge in [0.15, 0.2) is 5.54 Å². The maximum absolute atomic E-state index is 13.1. The maximum atomic E-state index is 13.1. The van der Waals surface area contributed by atoms with E-state index in [4.69, 9.17) is 9.47 Å². The molecule has 5 nitrogen and oxygen atoms in total. The number of fused-ring (bicyclic) bond motifs is 6. The van der Waals surface area contributed by atoms with Crippen LogP contribution < -0.4 is 15.4 Å². The molecular formula is C20H20N2O3. The van der Waals surface area contributed by atoms with Gasteiger partial charge in [-0.3, -0.25) is 4.79 Å². The average molecular weight is 336 g/mol. The number of hydrogen-bond donors (Lipinski definition) is 2. The topological polar surface area (TPSA) is 59.6 Å². The van der Waals surface area contributed by atoms with Gasteiger partial charge in [-0.1, -0.05) is 18.2 Å². The van der Waals surface area contributed by atoms with E-state index in [-0.39, 0.29) is 17.9 Å². The number of rotatable bonds is 1. The summed E-state index contributed by atoms with van der Waals surface area (Å²) in [5.41, 5.74) is 3.15. The average Bonchev–Trinajstić information content (AvgIpc) is 2.94. The summed E-state index contributed by atoms with van der Waals surface area (Å²) in [5.74, 6) is 0.862. The van der Waals surface area contributed by atoms with Crippen LogP contribution in [-0.2, 0) is 15.1 Å². The number of hydrogen-bond acceptors (Lipinski definition) is 4. The smallest absolute Gasteiger partial charge is 0.255 e. The second kappa shape index (κ2) is 5.23. The number of methoxy groups -OCH3 is 1. The van der Waals surface area contributed by atoms with Crippen LogP contribution in [0.1, 0.15) is 30.1 Å². The first-order valence-corrected chi connectivity index (χ1v) is 8.73. The third kappa shape index (κ3) is 1.90. The quantitative estimate of drug-likeness (QED) is 0.837. The molecule has 25 heavy (non-hydrogen) atoms. The van der Waals surface area contributed by atoms with Gasteiger partial charge in [-0.25, -0.2) is 0 Å². The molecule has 1 unspecified atom stereocenters. The number of carbonyl (C=O) groups excluding carboxylic acids is 1. The van der Waals surface area contributed by atoms with Crippen LogP contribution in [0.5, 0.6) is 5.75 Å². The minimum atomic E-state index is -0.775.